The van der Waals surface area contributed by atoms with Crippen molar-refractivity contribution in [2.45, 2.75) is 69.7 Å². The first kappa shape index (κ1) is 22.3. The summed E-state index contributed by atoms with van der Waals surface area (Å²) in [6.07, 6.45) is 6.54. The van der Waals surface area contributed by atoms with E-state index < -0.39 is 10.0 Å². The number of ether oxygens (including phenoxy) is 1. The van der Waals surface area contributed by atoms with Crippen molar-refractivity contribution in [1.29, 1.82) is 0 Å². The average molecular weight is 436 g/mol. The lowest BCUT2D eigenvalue weighted by molar-refractivity contribution is -0.114. The predicted octanol–water partition coefficient (Wildman–Crippen LogP) is 3.87. The van der Waals surface area contributed by atoms with Gasteiger partial charge in [-0.05, 0) is 37.0 Å². The molecule has 1 saturated carbocycles. The molecule has 0 spiro atoms. The van der Waals surface area contributed by atoms with Gasteiger partial charge in [0, 0.05) is 13.0 Å². The van der Waals surface area contributed by atoms with Crippen LogP contribution in [0, 0.1) is 0 Å². The number of hydrogen-bond donors (Lipinski definition) is 2. The second-order valence-electron chi connectivity index (χ2n) is 7.54. The minimum Gasteiger partial charge on any atom is -0.495 e. The van der Waals surface area contributed by atoms with Gasteiger partial charge in [0.15, 0.2) is 0 Å². The molecule has 1 aromatic carbocycles. The number of methoxy groups -OCH3 is 1. The van der Waals surface area contributed by atoms with E-state index in [-0.39, 0.29) is 28.5 Å². The first-order valence-corrected chi connectivity index (χ1v) is 11.8. The molecule has 2 aromatic rings. The van der Waals surface area contributed by atoms with E-state index in [9.17, 15) is 13.2 Å². The van der Waals surface area contributed by atoms with E-state index in [1.165, 1.54) is 14.0 Å². The SMILES string of the molecule is CCc1noc(NC(C)=O)c1-c1ccc(OC)c(S(=O)(=O)NC2CCCCCC2)c1. The molecule has 1 heterocycles. The number of anilines is 1. The summed E-state index contributed by atoms with van der Waals surface area (Å²) < 4.78 is 40.0. The van der Waals surface area contributed by atoms with Crippen LogP contribution in [0.3, 0.4) is 0 Å². The van der Waals surface area contributed by atoms with Crippen molar-refractivity contribution in [3.63, 3.8) is 0 Å². The van der Waals surface area contributed by atoms with Crippen LogP contribution in [0.15, 0.2) is 27.6 Å². The quantitative estimate of drug-likeness (QED) is 0.639. The molecule has 1 fully saturated rings. The molecular formula is C21H29N3O5S. The third-order valence-corrected chi connectivity index (χ3v) is 6.85. The van der Waals surface area contributed by atoms with Gasteiger partial charge in [-0.2, -0.15) is 0 Å². The molecule has 0 atom stereocenters. The Labute approximate surface area is 177 Å². The van der Waals surface area contributed by atoms with Gasteiger partial charge in [-0.25, -0.2) is 13.1 Å². The van der Waals surface area contributed by atoms with Gasteiger partial charge in [0.25, 0.3) is 0 Å². The van der Waals surface area contributed by atoms with Crippen molar-refractivity contribution in [1.82, 2.24) is 9.88 Å². The summed E-state index contributed by atoms with van der Waals surface area (Å²) in [5.74, 6) is 0.159. The van der Waals surface area contributed by atoms with Crippen molar-refractivity contribution in [2.24, 2.45) is 0 Å². The highest BCUT2D eigenvalue weighted by Gasteiger charge is 2.26. The Morgan fingerprint density at radius 2 is 1.93 bits per heavy atom. The molecule has 30 heavy (non-hydrogen) atoms. The maximum absolute atomic E-state index is 13.2. The molecule has 1 amide bonds. The fourth-order valence-corrected chi connectivity index (χ4v) is 5.33. The number of carbonyl (C=O) groups excluding carboxylic acids is 1. The summed E-state index contributed by atoms with van der Waals surface area (Å²) in [5, 5.41) is 6.64. The maximum atomic E-state index is 13.2. The smallest absolute Gasteiger partial charge is 0.244 e. The van der Waals surface area contributed by atoms with Crippen molar-refractivity contribution < 1.29 is 22.5 Å². The van der Waals surface area contributed by atoms with E-state index >= 15 is 0 Å². The van der Waals surface area contributed by atoms with E-state index in [1.807, 2.05) is 6.92 Å². The topological polar surface area (TPSA) is 111 Å². The van der Waals surface area contributed by atoms with Gasteiger partial charge in [0.05, 0.1) is 18.4 Å². The Balaban J connectivity index is 2.02. The monoisotopic (exact) mass is 435 g/mol. The number of hydrogen-bond acceptors (Lipinski definition) is 6. The summed E-state index contributed by atoms with van der Waals surface area (Å²) >= 11 is 0. The standard InChI is InChI=1S/C21H29N3O5S/c1-4-17-20(21(29-23-17)22-14(2)25)15-11-12-18(28-3)19(13-15)30(26,27)24-16-9-7-5-6-8-10-16/h11-13,16,24H,4-10H2,1-3H3,(H,22,25). The van der Waals surface area contributed by atoms with Crippen LogP contribution in [0.2, 0.25) is 0 Å². The van der Waals surface area contributed by atoms with Crippen LogP contribution in [-0.4, -0.2) is 32.6 Å². The number of aryl methyl sites for hydroxylation is 1. The molecule has 0 unspecified atom stereocenters. The molecule has 0 saturated heterocycles. The zero-order valence-corrected chi connectivity index (χ0v) is 18.5. The van der Waals surface area contributed by atoms with Crippen molar-refractivity contribution >= 4 is 21.8 Å². The third kappa shape index (κ3) is 5.02. The average Bonchev–Trinajstić information content (AvgIpc) is 2.93. The molecule has 8 nitrogen and oxygen atoms in total. The minimum atomic E-state index is -3.80. The van der Waals surface area contributed by atoms with E-state index in [4.69, 9.17) is 9.26 Å². The molecule has 0 radical (unpaired) electrons. The first-order chi connectivity index (χ1) is 14.4. The van der Waals surface area contributed by atoms with Gasteiger partial charge in [-0.1, -0.05) is 43.8 Å². The number of nitrogens with zero attached hydrogens (tertiary/aromatic N) is 1. The summed E-state index contributed by atoms with van der Waals surface area (Å²) in [6, 6.07) is 4.82. The number of nitrogens with one attached hydrogen (secondary N) is 2. The number of sulfonamides is 1. The lowest BCUT2D eigenvalue weighted by Gasteiger charge is -2.18. The lowest BCUT2D eigenvalue weighted by atomic mass is 10.0. The predicted molar refractivity (Wildman–Crippen MR) is 114 cm³/mol. The van der Waals surface area contributed by atoms with E-state index in [0.717, 1.165) is 38.5 Å². The van der Waals surface area contributed by atoms with E-state index in [2.05, 4.69) is 15.2 Å². The number of aromatic nitrogens is 1. The zero-order valence-electron chi connectivity index (χ0n) is 17.7. The molecular weight excluding hydrogens is 406 g/mol. The number of amides is 1. The maximum Gasteiger partial charge on any atom is 0.244 e. The second-order valence-corrected chi connectivity index (χ2v) is 9.23. The molecule has 0 bridgehead atoms. The van der Waals surface area contributed by atoms with Gasteiger partial charge in [-0.3, -0.25) is 10.1 Å². The Morgan fingerprint density at radius 3 is 2.53 bits per heavy atom. The highest BCUT2D eigenvalue weighted by Crippen LogP contribution is 2.36. The fourth-order valence-electron chi connectivity index (χ4n) is 3.83. The first-order valence-electron chi connectivity index (χ1n) is 10.3. The number of benzene rings is 1. The van der Waals surface area contributed by atoms with Gasteiger partial charge < -0.3 is 9.26 Å². The lowest BCUT2D eigenvalue weighted by Crippen LogP contribution is -2.34. The summed E-state index contributed by atoms with van der Waals surface area (Å²) in [4.78, 5) is 11.6. The van der Waals surface area contributed by atoms with Crippen LogP contribution in [0.4, 0.5) is 5.88 Å². The largest absolute Gasteiger partial charge is 0.495 e. The summed E-state index contributed by atoms with van der Waals surface area (Å²) in [5.41, 5.74) is 1.78. The van der Waals surface area contributed by atoms with Crippen LogP contribution in [0.1, 0.15) is 58.1 Å². The normalized spacial score (nSPS) is 15.6. The Morgan fingerprint density at radius 1 is 1.23 bits per heavy atom. The Bertz CT molecular complexity index is 992. The van der Waals surface area contributed by atoms with Crippen molar-refractivity contribution in [2.75, 3.05) is 12.4 Å². The van der Waals surface area contributed by atoms with E-state index in [0.29, 0.717) is 23.2 Å². The molecule has 164 valence electrons. The van der Waals surface area contributed by atoms with Crippen LogP contribution < -0.4 is 14.8 Å². The molecule has 2 N–H and O–H groups in total. The molecule has 3 rings (SSSR count). The molecule has 1 aromatic heterocycles. The van der Waals surface area contributed by atoms with Crippen LogP contribution in [0.5, 0.6) is 5.75 Å². The number of carbonyl (C=O) groups is 1. The second kappa shape index (κ2) is 9.61. The Hall–Kier alpha value is -2.39. The third-order valence-electron chi connectivity index (χ3n) is 5.31. The van der Waals surface area contributed by atoms with Gasteiger partial charge >= 0.3 is 0 Å². The highest BCUT2D eigenvalue weighted by molar-refractivity contribution is 7.89. The van der Waals surface area contributed by atoms with E-state index in [1.54, 1.807) is 18.2 Å². The van der Waals surface area contributed by atoms with Crippen molar-refractivity contribution in [3.05, 3.63) is 23.9 Å². The molecule has 9 heteroatoms. The molecule has 0 aliphatic heterocycles. The van der Waals surface area contributed by atoms with Crippen molar-refractivity contribution in [3.8, 4) is 16.9 Å². The summed E-state index contributed by atoms with van der Waals surface area (Å²) in [7, 11) is -2.36. The Kier molecular flexibility index (Phi) is 7.14. The van der Waals surface area contributed by atoms with Gasteiger partial charge in [0.1, 0.15) is 10.6 Å². The minimum absolute atomic E-state index is 0.0591. The van der Waals surface area contributed by atoms with Crippen LogP contribution in [0.25, 0.3) is 11.1 Å². The van der Waals surface area contributed by atoms with Gasteiger partial charge in [-0.15, -0.1) is 0 Å². The van der Waals surface area contributed by atoms with Crippen LogP contribution >= 0.6 is 0 Å². The van der Waals surface area contributed by atoms with Crippen LogP contribution in [-0.2, 0) is 21.2 Å². The zero-order chi connectivity index (χ0) is 21.7. The molecule has 1 aliphatic rings. The highest BCUT2D eigenvalue weighted by atomic mass is 32.2. The fraction of sp³-hybridized carbons (Fsp3) is 0.524. The van der Waals surface area contributed by atoms with Gasteiger partial charge in [0.2, 0.25) is 21.8 Å². The number of rotatable bonds is 7. The summed E-state index contributed by atoms with van der Waals surface area (Å²) in [6.45, 7) is 3.28. The molecule has 1 aliphatic carbocycles.